The zero-order chi connectivity index (χ0) is 21.5. The van der Waals surface area contributed by atoms with Gasteiger partial charge in [-0.3, -0.25) is 4.79 Å². The Balaban J connectivity index is 1.42. The van der Waals surface area contributed by atoms with Crippen LogP contribution in [0.2, 0.25) is 0 Å². The van der Waals surface area contributed by atoms with E-state index in [4.69, 9.17) is 0 Å². The number of carbonyl (C=O) groups excluding carboxylic acids is 1. The van der Waals surface area contributed by atoms with Gasteiger partial charge in [0.25, 0.3) is 0 Å². The molecule has 3 atom stereocenters. The van der Waals surface area contributed by atoms with E-state index in [1.54, 1.807) is 11.3 Å². The molecular formula is C20H28N4O3S3. The highest BCUT2D eigenvalue weighted by Gasteiger charge is 2.30. The number of carbonyl (C=O) groups is 1. The molecule has 1 aliphatic carbocycles. The zero-order valence-corrected chi connectivity index (χ0v) is 20.0. The Labute approximate surface area is 186 Å². The molecule has 0 bridgehead atoms. The number of hydrogen-bond acceptors (Lipinski definition) is 7. The molecule has 7 nitrogen and oxygen atoms in total. The number of amides is 1. The van der Waals surface area contributed by atoms with Crippen LogP contribution in [-0.2, 0) is 34.5 Å². The molecule has 30 heavy (non-hydrogen) atoms. The smallest absolute Gasteiger partial charge is 0.233 e. The largest absolute Gasteiger partial charge is 0.351 e. The number of sulfone groups is 1. The minimum absolute atomic E-state index is 0.0339. The zero-order valence-electron chi connectivity index (χ0n) is 17.6. The van der Waals surface area contributed by atoms with Crippen molar-refractivity contribution in [1.29, 1.82) is 0 Å². The van der Waals surface area contributed by atoms with Crippen LogP contribution in [0.1, 0.15) is 43.6 Å². The van der Waals surface area contributed by atoms with Crippen molar-refractivity contribution in [2.24, 2.45) is 13.0 Å². The van der Waals surface area contributed by atoms with E-state index in [0.717, 1.165) is 29.5 Å². The molecule has 2 aliphatic rings. The Morgan fingerprint density at radius 2 is 2.20 bits per heavy atom. The Kier molecular flexibility index (Phi) is 6.28. The van der Waals surface area contributed by atoms with Crippen LogP contribution in [0.25, 0.3) is 10.7 Å². The maximum Gasteiger partial charge on any atom is 0.233 e. The predicted molar refractivity (Wildman–Crippen MR) is 121 cm³/mol. The van der Waals surface area contributed by atoms with Gasteiger partial charge in [-0.1, -0.05) is 25.1 Å². The number of aryl methyl sites for hydroxylation is 1. The van der Waals surface area contributed by atoms with Crippen LogP contribution in [0.4, 0.5) is 0 Å². The lowest BCUT2D eigenvalue weighted by Crippen LogP contribution is -2.40. The summed E-state index contributed by atoms with van der Waals surface area (Å²) in [5, 5.41) is 11.9. The average Bonchev–Trinajstić information content (AvgIpc) is 3.38. The Bertz CT molecular complexity index is 1040. The number of nitrogens with one attached hydrogen (secondary N) is 1. The highest BCUT2D eigenvalue weighted by Crippen LogP contribution is 2.38. The van der Waals surface area contributed by atoms with Crippen molar-refractivity contribution in [2.45, 2.75) is 62.4 Å². The quantitative estimate of drug-likeness (QED) is 0.655. The monoisotopic (exact) mass is 468 g/mol. The topological polar surface area (TPSA) is 94.0 Å². The molecule has 4 rings (SSSR count). The summed E-state index contributed by atoms with van der Waals surface area (Å²) < 4.78 is 25.1. The fourth-order valence-electron chi connectivity index (χ4n) is 4.13. The molecule has 1 saturated heterocycles. The van der Waals surface area contributed by atoms with Crippen molar-refractivity contribution in [1.82, 2.24) is 20.1 Å². The Hall–Kier alpha value is -1.39. The summed E-state index contributed by atoms with van der Waals surface area (Å²) in [6, 6.07) is 1.97. The summed E-state index contributed by atoms with van der Waals surface area (Å²) in [6.45, 7) is 4.07. The molecule has 2 aromatic rings. The highest BCUT2D eigenvalue weighted by molar-refractivity contribution is 8.00. The summed E-state index contributed by atoms with van der Waals surface area (Å²) in [6.07, 6.45) is 5.27. The molecule has 0 spiro atoms. The third-order valence-corrected chi connectivity index (χ3v) is 10.2. The van der Waals surface area contributed by atoms with Gasteiger partial charge in [-0.25, -0.2) is 8.42 Å². The lowest BCUT2D eigenvalue weighted by atomic mass is 9.87. The van der Waals surface area contributed by atoms with E-state index in [1.807, 2.05) is 18.5 Å². The molecule has 2 aromatic heterocycles. The first-order chi connectivity index (χ1) is 14.3. The standard InChI is InChI=1S/C20H28N4O3S3/c1-4-13-5-6-16-14(9-13)10-17(29-16)18-22-23-20(24(18)3)28-12(2)19(25)21-15-7-8-30(26,27)11-15/h10,12-13,15H,4-9,11H2,1-3H3,(H,21,25)/t12-,13-,15-/m1/s1. The van der Waals surface area contributed by atoms with Gasteiger partial charge >= 0.3 is 0 Å². The summed E-state index contributed by atoms with van der Waals surface area (Å²) in [5.74, 6) is 1.63. The lowest BCUT2D eigenvalue weighted by Gasteiger charge is -2.19. The summed E-state index contributed by atoms with van der Waals surface area (Å²) in [4.78, 5) is 15.1. The van der Waals surface area contributed by atoms with Crippen LogP contribution in [-0.4, -0.2) is 51.9 Å². The third-order valence-electron chi connectivity index (χ3n) is 6.05. The van der Waals surface area contributed by atoms with Crippen LogP contribution in [0, 0.1) is 5.92 Å². The minimum atomic E-state index is -3.01. The fourth-order valence-corrected chi connectivity index (χ4v) is 7.86. The van der Waals surface area contributed by atoms with Crippen molar-refractivity contribution in [2.75, 3.05) is 11.5 Å². The maximum absolute atomic E-state index is 12.5. The molecule has 164 valence electrons. The van der Waals surface area contributed by atoms with E-state index in [9.17, 15) is 13.2 Å². The fraction of sp³-hybridized carbons (Fsp3) is 0.650. The van der Waals surface area contributed by atoms with Gasteiger partial charge in [0.05, 0.1) is 21.6 Å². The number of thioether (sulfide) groups is 1. The molecule has 0 aromatic carbocycles. The third kappa shape index (κ3) is 4.60. The molecule has 0 radical (unpaired) electrons. The first kappa shape index (κ1) is 21.8. The summed E-state index contributed by atoms with van der Waals surface area (Å²) >= 11 is 3.15. The Morgan fingerprint density at radius 1 is 1.40 bits per heavy atom. The van der Waals surface area contributed by atoms with Gasteiger partial charge in [0.15, 0.2) is 20.8 Å². The molecule has 1 N–H and O–H groups in total. The van der Waals surface area contributed by atoms with E-state index >= 15 is 0 Å². The predicted octanol–water partition coefficient (Wildman–Crippen LogP) is 2.84. The lowest BCUT2D eigenvalue weighted by molar-refractivity contribution is -0.120. The molecular weight excluding hydrogens is 440 g/mol. The highest BCUT2D eigenvalue weighted by atomic mass is 32.2. The second-order valence-corrected chi connectivity index (χ2v) is 13.0. The normalized spacial score (nSPS) is 23.8. The van der Waals surface area contributed by atoms with Gasteiger partial charge in [0.2, 0.25) is 5.91 Å². The Morgan fingerprint density at radius 3 is 2.90 bits per heavy atom. The van der Waals surface area contributed by atoms with E-state index in [-0.39, 0.29) is 28.7 Å². The van der Waals surface area contributed by atoms with Gasteiger partial charge < -0.3 is 9.88 Å². The van der Waals surface area contributed by atoms with Crippen molar-refractivity contribution in [3.63, 3.8) is 0 Å². The van der Waals surface area contributed by atoms with Gasteiger partial charge in [-0.15, -0.1) is 21.5 Å². The van der Waals surface area contributed by atoms with E-state index in [0.29, 0.717) is 11.6 Å². The van der Waals surface area contributed by atoms with Crippen LogP contribution in [0.15, 0.2) is 11.2 Å². The number of fused-ring (bicyclic) bond motifs is 1. The maximum atomic E-state index is 12.5. The molecule has 10 heteroatoms. The van der Waals surface area contributed by atoms with Gasteiger partial charge in [-0.05, 0) is 50.2 Å². The van der Waals surface area contributed by atoms with E-state index < -0.39 is 9.84 Å². The summed E-state index contributed by atoms with van der Waals surface area (Å²) in [5.41, 5.74) is 1.45. The molecule has 1 aliphatic heterocycles. The number of nitrogens with zero attached hydrogens (tertiary/aromatic N) is 3. The van der Waals surface area contributed by atoms with Crippen LogP contribution in [0.5, 0.6) is 0 Å². The van der Waals surface area contributed by atoms with Crippen LogP contribution >= 0.6 is 23.1 Å². The SMILES string of the molecule is CC[C@@H]1CCc2sc(-c3nnc(S[C@H](C)C(=O)N[C@@H]4CCS(=O)(=O)C4)n3C)cc2C1. The number of thiophene rings is 1. The average molecular weight is 469 g/mol. The number of aromatic nitrogens is 3. The second-order valence-electron chi connectivity index (χ2n) is 8.31. The van der Waals surface area contributed by atoms with Crippen LogP contribution < -0.4 is 5.32 Å². The van der Waals surface area contributed by atoms with Crippen molar-refractivity contribution in [3.8, 4) is 10.7 Å². The number of hydrogen-bond donors (Lipinski definition) is 1. The van der Waals surface area contributed by atoms with Gasteiger partial charge in [0, 0.05) is 18.0 Å². The summed E-state index contributed by atoms with van der Waals surface area (Å²) in [7, 11) is -1.08. The van der Waals surface area contributed by atoms with Crippen molar-refractivity contribution in [3.05, 3.63) is 16.5 Å². The van der Waals surface area contributed by atoms with Gasteiger partial charge in [0.1, 0.15) is 0 Å². The first-order valence-electron chi connectivity index (χ1n) is 10.4. The van der Waals surface area contributed by atoms with E-state index in [1.165, 1.54) is 35.0 Å². The minimum Gasteiger partial charge on any atom is -0.351 e. The molecule has 3 heterocycles. The number of rotatable bonds is 6. The molecule has 0 unspecified atom stereocenters. The molecule has 1 fully saturated rings. The first-order valence-corrected chi connectivity index (χ1v) is 14.0. The van der Waals surface area contributed by atoms with Crippen LogP contribution in [0.3, 0.4) is 0 Å². The molecule has 1 amide bonds. The van der Waals surface area contributed by atoms with Gasteiger partial charge in [-0.2, -0.15) is 0 Å². The van der Waals surface area contributed by atoms with Crippen molar-refractivity contribution < 1.29 is 13.2 Å². The molecule has 0 saturated carbocycles. The van der Waals surface area contributed by atoms with E-state index in [2.05, 4.69) is 28.5 Å². The second kappa shape index (κ2) is 8.63. The van der Waals surface area contributed by atoms with Crippen molar-refractivity contribution >= 4 is 38.8 Å².